The predicted octanol–water partition coefficient (Wildman–Crippen LogP) is 4.75. The molecule has 0 bridgehead atoms. The molecule has 1 aliphatic heterocycles. The highest BCUT2D eigenvalue weighted by atomic mass is 35.5. The van der Waals surface area contributed by atoms with Gasteiger partial charge in [-0.3, -0.25) is 9.59 Å². The molecule has 0 spiro atoms. The third-order valence-corrected chi connectivity index (χ3v) is 4.88. The summed E-state index contributed by atoms with van der Waals surface area (Å²) in [7, 11) is 1.53. The number of hydrogen-bond donors (Lipinski definition) is 1. The van der Waals surface area contributed by atoms with Gasteiger partial charge in [-0.15, -0.1) is 0 Å². The van der Waals surface area contributed by atoms with Crippen LogP contribution in [-0.2, 0) is 9.59 Å². The van der Waals surface area contributed by atoms with Gasteiger partial charge < -0.3 is 10.1 Å². The van der Waals surface area contributed by atoms with E-state index in [1.165, 1.54) is 12.0 Å². The van der Waals surface area contributed by atoms with E-state index in [-0.39, 0.29) is 11.6 Å². The summed E-state index contributed by atoms with van der Waals surface area (Å²) < 4.78 is 5.17. The number of amides is 2. The molecule has 1 N–H and O–H groups in total. The molecule has 0 fully saturated rings. The number of methoxy groups -OCH3 is 1. The van der Waals surface area contributed by atoms with Gasteiger partial charge in [-0.25, -0.2) is 4.90 Å². The maximum absolute atomic E-state index is 13.2. The van der Waals surface area contributed by atoms with E-state index in [4.69, 9.17) is 16.3 Å². The minimum absolute atomic E-state index is 0.200. The standard InChI is InChI=1S/C23H17ClN2O3/c1-29-19-13-12-16(14-18(19)24)25-21-20(15-8-4-2-5-9-15)22(27)26(23(21)28)17-10-6-3-7-11-17/h2-14,25H,1H3. The van der Waals surface area contributed by atoms with Crippen LogP contribution < -0.4 is 15.0 Å². The van der Waals surface area contributed by atoms with Crippen molar-refractivity contribution in [3.63, 3.8) is 0 Å². The lowest BCUT2D eigenvalue weighted by atomic mass is 10.0. The van der Waals surface area contributed by atoms with Gasteiger partial charge in [0, 0.05) is 5.69 Å². The van der Waals surface area contributed by atoms with Gasteiger partial charge in [0.25, 0.3) is 11.8 Å². The smallest absolute Gasteiger partial charge is 0.282 e. The molecule has 3 aromatic carbocycles. The van der Waals surface area contributed by atoms with Gasteiger partial charge in [-0.1, -0.05) is 60.1 Å². The molecule has 3 aromatic rings. The first kappa shape index (κ1) is 18.8. The number of carbonyl (C=O) groups excluding carboxylic acids is 2. The van der Waals surface area contributed by atoms with Crippen molar-refractivity contribution in [1.29, 1.82) is 0 Å². The van der Waals surface area contributed by atoms with Crippen LogP contribution in [0, 0.1) is 0 Å². The van der Waals surface area contributed by atoms with Gasteiger partial charge in [-0.2, -0.15) is 0 Å². The summed E-state index contributed by atoms with van der Waals surface area (Å²) in [6.45, 7) is 0. The molecule has 0 atom stereocenters. The Hall–Kier alpha value is -3.57. The van der Waals surface area contributed by atoms with E-state index in [1.54, 1.807) is 54.6 Å². The lowest BCUT2D eigenvalue weighted by Gasteiger charge is -2.15. The van der Waals surface area contributed by atoms with Crippen molar-refractivity contribution >= 4 is 40.4 Å². The first-order chi connectivity index (χ1) is 14.1. The number of benzene rings is 3. The quantitative estimate of drug-likeness (QED) is 0.624. The van der Waals surface area contributed by atoms with Gasteiger partial charge in [0.2, 0.25) is 0 Å². The molecule has 5 nitrogen and oxygen atoms in total. The van der Waals surface area contributed by atoms with Gasteiger partial charge in [0.1, 0.15) is 11.4 Å². The monoisotopic (exact) mass is 404 g/mol. The number of para-hydroxylation sites is 1. The van der Waals surface area contributed by atoms with Crippen LogP contribution >= 0.6 is 11.6 Å². The second-order valence-electron chi connectivity index (χ2n) is 6.37. The normalized spacial score (nSPS) is 13.8. The number of hydrogen-bond acceptors (Lipinski definition) is 4. The summed E-state index contributed by atoms with van der Waals surface area (Å²) in [6.07, 6.45) is 0. The van der Waals surface area contributed by atoms with E-state index in [9.17, 15) is 9.59 Å². The Bertz CT molecular complexity index is 1110. The van der Waals surface area contributed by atoms with Crippen LogP contribution in [0.3, 0.4) is 0 Å². The maximum Gasteiger partial charge on any atom is 0.282 e. The molecule has 0 saturated heterocycles. The summed E-state index contributed by atoms with van der Waals surface area (Å²) in [6, 6.07) is 23.1. The fourth-order valence-electron chi connectivity index (χ4n) is 3.22. The Labute approximate surface area is 173 Å². The van der Waals surface area contributed by atoms with Gasteiger partial charge in [0.15, 0.2) is 0 Å². The van der Waals surface area contributed by atoms with Crippen LogP contribution in [-0.4, -0.2) is 18.9 Å². The van der Waals surface area contributed by atoms with Crippen LogP contribution in [0.25, 0.3) is 5.57 Å². The topological polar surface area (TPSA) is 58.6 Å². The zero-order chi connectivity index (χ0) is 20.4. The van der Waals surface area contributed by atoms with E-state index < -0.39 is 5.91 Å². The van der Waals surface area contributed by atoms with E-state index >= 15 is 0 Å². The van der Waals surface area contributed by atoms with Crippen molar-refractivity contribution in [2.45, 2.75) is 0 Å². The summed E-state index contributed by atoms with van der Waals surface area (Å²) in [5, 5.41) is 3.49. The van der Waals surface area contributed by atoms with Gasteiger partial charge >= 0.3 is 0 Å². The number of nitrogens with zero attached hydrogens (tertiary/aromatic N) is 1. The average Bonchev–Trinajstić information content (AvgIpc) is 2.99. The predicted molar refractivity (Wildman–Crippen MR) is 114 cm³/mol. The molecule has 6 heteroatoms. The van der Waals surface area contributed by atoms with E-state index in [0.717, 1.165) is 0 Å². The number of ether oxygens (including phenoxy) is 1. The minimum atomic E-state index is -0.424. The Balaban J connectivity index is 1.80. The molecule has 4 rings (SSSR count). The highest BCUT2D eigenvalue weighted by Crippen LogP contribution is 2.35. The summed E-state index contributed by atoms with van der Waals surface area (Å²) in [4.78, 5) is 27.7. The van der Waals surface area contributed by atoms with Crippen LogP contribution in [0.15, 0.2) is 84.6 Å². The number of carbonyl (C=O) groups is 2. The van der Waals surface area contributed by atoms with Crippen molar-refractivity contribution in [2.75, 3.05) is 17.3 Å². The maximum atomic E-state index is 13.2. The van der Waals surface area contributed by atoms with Crippen LogP contribution in [0.2, 0.25) is 5.02 Å². The molecule has 2 amide bonds. The molecule has 0 unspecified atom stereocenters. The molecular formula is C23H17ClN2O3. The van der Waals surface area contributed by atoms with Crippen molar-refractivity contribution in [3.05, 3.63) is 95.1 Å². The highest BCUT2D eigenvalue weighted by Gasteiger charge is 2.40. The van der Waals surface area contributed by atoms with Crippen molar-refractivity contribution in [3.8, 4) is 5.75 Å². The van der Waals surface area contributed by atoms with Crippen molar-refractivity contribution < 1.29 is 14.3 Å². The molecular weight excluding hydrogens is 388 g/mol. The fourth-order valence-corrected chi connectivity index (χ4v) is 3.48. The lowest BCUT2D eigenvalue weighted by Crippen LogP contribution is -2.32. The van der Waals surface area contributed by atoms with Crippen molar-refractivity contribution in [2.24, 2.45) is 0 Å². The third kappa shape index (κ3) is 3.48. The lowest BCUT2D eigenvalue weighted by molar-refractivity contribution is -0.120. The Morgan fingerprint density at radius 2 is 1.52 bits per heavy atom. The zero-order valence-corrected chi connectivity index (χ0v) is 16.3. The summed E-state index contributed by atoms with van der Waals surface area (Å²) in [5.74, 6) is -0.282. The van der Waals surface area contributed by atoms with E-state index in [2.05, 4.69) is 5.32 Å². The first-order valence-electron chi connectivity index (χ1n) is 8.94. The van der Waals surface area contributed by atoms with Crippen LogP contribution in [0.4, 0.5) is 11.4 Å². The molecule has 0 aliphatic carbocycles. The molecule has 0 aromatic heterocycles. The van der Waals surface area contributed by atoms with Crippen molar-refractivity contribution in [1.82, 2.24) is 0 Å². The number of anilines is 2. The Kier molecular flexibility index (Phi) is 5.06. The Morgan fingerprint density at radius 3 is 2.14 bits per heavy atom. The summed E-state index contributed by atoms with van der Waals surface area (Å²) >= 11 is 6.21. The SMILES string of the molecule is COc1ccc(NC2=C(c3ccccc3)C(=O)N(c3ccccc3)C2=O)cc1Cl. The number of rotatable bonds is 5. The second kappa shape index (κ2) is 7.81. The van der Waals surface area contributed by atoms with Crippen LogP contribution in [0.5, 0.6) is 5.75 Å². The molecule has 29 heavy (non-hydrogen) atoms. The number of nitrogens with one attached hydrogen (secondary N) is 1. The number of imide groups is 1. The van der Waals surface area contributed by atoms with E-state index in [1.807, 2.05) is 24.3 Å². The molecule has 1 heterocycles. The molecule has 0 radical (unpaired) electrons. The Morgan fingerprint density at radius 1 is 0.862 bits per heavy atom. The summed E-state index contributed by atoms with van der Waals surface area (Å²) in [5.41, 5.74) is 2.26. The first-order valence-corrected chi connectivity index (χ1v) is 9.32. The zero-order valence-electron chi connectivity index (χ0n) is 15.6. The van der Waals surface area contributed by atoms with Gasteiger partial charge in [-0.05, 0) is 35.9 Å². The fraction of sp³-hybridized carbons (Fsp3) is 0.0435. The minimum Gasteiger partial charge on any atom is -0.495 e. The van der Waals surface area contributed by atoms with E-state index in [0.29, 0.717) is 33.3 Å². The largest absolute Gasteiger partial charge is 0.495 e. The average molecular weight is 405 g/mol. The van der Waals surface area contributed by atoms with Gasteiger partial charge in [0.05, 0.1) is 23.4 Å². The molecule has 1 aliphatic rings. The highest BCUT2D eigenvalue weighted by molar-refractivity contribution is 6.46. The third-order valence-electron chi connectivity index (χ3n) is 4.58. The van der Waals surface area contributed by atoms with Crippen LogP contribution in [0.1, 0.15) is 5.56 Å². The second-order valence-corrected chi connectivity index (χ2v) is 6.78. The number of halogens is 1. The molecule has 144 valence electrons. The molecule has 0 saturated carbocycles.